The number of hydrogen-bond acceptors (Lipinski definition) is 7. The van der Waals surface area contributed by atoms with Gasteiger partial charge in [-0.2, -0.15) is 0 Å². The molecule has 0 amide bonds. The highest BCUT2D eigenvalue weighted by Gasteiger charge is 2.44. The van der Waals surface area contributed by atoms with Gasteiger partial charge in [-0.1, -0.05) is 0 Å². The van der Waals surface area contributed by atoms with E-state index in [1.54, 1.807) is 4.40 Å². The van der Waals surface area contributed by atoms with Crippen LogP contribution in [0.3, 0.4) is 0 Å². The summed E-state index contributed by atoms with van der Waals surface area (Å²) in [5, 5.41) is 12.1. The highest BCUT2D eigenvalue weighted by molar-refractivity contribution is 5.61. The number of hydrogen-bond donors (Lipinski definition) is 1. The van der Waals surface area contributed by atoms with Crippen molar-refractivity contribution >= 4 is 17.0 Å². The van der Waals surface area contributed by atoms with Crippen molar-refractivity contribution in [1.82, 2.24) is 34.5 Å². The maximum atomic E-state index is 12.8. The quantitative estimate of drug-likeness (QED) is 0.546. The van der Waals surface area contributed by atoms with Crippen molar-refractivity contribution in [1.29, 1.82) is 0 Å². The zero-order valence-electron chi connectivity index (χ0n) is 16.0. The number of nitrogens with zero attached hydrogens (tertiary/aromatic N) is 7. The minimum Gasteiger partial charge on any atom is -0.369 e. The summed E-state index contributed by atoms with van der Waals surface area (Å²) in [6.07, 6.45) is 3.12. The average molecular weight is 388 g/mol. The summed E-state index contributed by atoms with van der Waals surface area (Å²) in [4.78, 5) is 24.1. The molecular formula is C20H20N8O. The third-order valence-electron chi connectivity index (χ3n) is 5.97. The number of rotatable bonds is 2. The van der Waals surface area contributed by atoms with E-state index >= 15 is 0 Å². The second kappa shape index (κ2) is 5.84. The lowest BCUT2D eigenvalue weighted by atomic mass is 9.79. The Morgan fingerprint density at radius 2 is 1.90 bits per heavy atom. The summed E-state index contributed by atoms with van der Waals surface area (Å²) in [6.45, 7) is 6.08. The molecule has 0 radical (unpaired) electrons. The first-order valence-corrected chi connectivity index (χ1v) is 9.79. The van der Waals surface area contributed by atoms with Gasteiger partial charge in [0, 0.05) is 37.3 Å². The van der Waals surface area contributed by atoms with Gasteiger partial charge in [0.2, 0.25) is 0 Å². The molecule has 6 rings (SSSR count). The van der Waals surface area contributed by atoms with Crippen LogP contribution in [0.1, 0.15) is 12.2 Å². The number of nitrogens with one attached hydrogen (secondary N) is 1. The average Bonchev–Trinajstić information content (AvgIpc) is 3.32. The fourth-order valence-corrected chi connectivity index (χ4v) is 4.45. The van der Waals surface area contributed by atoms with E-state index in [2.05, 4.69) is 30.4 Å². The summed E-state index contributed by atoms with van der Waals surface area (Å²) in [5.41, 5.74) is 3.73. The van der Waals surface area contributed by atoms with Gasteiger partial charge in [-0.3, -0.25) is 9.20 Å². The first-order chi connectivity index (χ1) is 14.1. The Morgan fingerprint density at radius 3 is 2.72 bits per heavy atom. The maximum Gasteiger partial charge on any atom is 0.258 e. The largest absolute Gasteiger partial charge is 0.369 e. The molecule has 2 aliphatic heterocycles. The molecule has 1 N–H and O–H groups in total. The number of pyridine rings is 1. The lowest BCUT2D eigenvalue weighted by molar-refractivity contribution is 0.243. The molecule has 9 nitrogen and oxygen atoms in total. The maximum absolute atomic E-state index is 12.8. The topological polar surface area (TPSA) is 92.7 Å². The van der Waals surface area contributed by atoms with Gasteiger partial charge < -0.3 is 10.2 Å². The van der Waals surface area contributed by atoms with Gasteiger partial charge in [0.1, 0.15) is 17.2 Å². The molecule has 2 saturated heterocycles. The monoisotopic (exact) mass is 388 g/mol. The zero-order valence-corrected chi connectivity index (χ0v) is 16.0. The summed E-state index contributed by atoms with van der Waals surface area (Å²) in [6, 6.07) is 9.10. The van der Waals surface area contributed by atoms with E-state index in [9.17, 15) is 4.79 Å². The lowest BCUT2D eigenvalue weighted by Crippen LogP contribution is -2.57. The fraction of sp³-hybridized carbons (Fsp3) is 0.350. The highest BCUT2D eigenvalue weighted by atomic mass is 16.1. The Morgan fingerprint density at radius 1 is 1.03 bits per heavy atom. The van der Waals surface area contributed by atoms with Gasteiger partial charge in [0.05, 0.1) is 11.4 Å². The molecule has 29 heavy (non-hydrogen) atoms. The number of fused-ring (bicyclic) bond motifs is 2. The van der Waals surface area contributed by atoms with E-state index in [0.29, 0.717) is 33.9 Å². The molecule has 2 fully saturated rings. The Bertz CT molecular complexity index is 1310. The second-order valence-corrected chi connectivity index (χ2v) is 8.10. The van der Waals surface area contributed by atoms with Gasteiger partial charge in [0.15, 0.2) is 5.65 Å². The van der Waals surface area contributed by atoms with Crippen LogP contribution < -0.4 is 15.8 Å². The van der Waals surface area contributed by atoms with E-state index in [1.165, 1.54) is 17.1 Å². The summed E-state index contributed by atoms with van der Waals surface area (Å²) < 4.78 is 3.07. The van der Waals surface area contributed by atoms with Gasteiger partial charge >= 0.3 is 0 Å². The van der Waals surface area contributed by atoms with Crippen LogP contribution in [0.2, 0.25) is 0 Å². The third kappa shape index (κ3) is 2.61. The van der Waals surface area contributed by atoms with Gasteiger partial charge in [0.25, 0.3) is 5.56 Å². The van der Waals surface area contributed by atoms with E-state index in [4.69, 9.17) is 0 Å². The number of aromatic nitrogens is 6. The molecule has 0 aliphatic carbocycles. The van der Waals surface area contributed by atoms with Gasteiger partial charge in [-0.15, -0.1) is 14.8 Å². The van der Waals surface area contributed by atoms with Crippen LogP contribution in [0.4, 0.5) is 5.69 Å². The van der Waals surface area contributed by atoms with E-state index < -0.39 is 0 Å². The van der Waals surface area contributed by atoms with Gasteiger partial charge in [-0.25, -0.2) is 9.97 Å². The predicted octanol–water partition coefficient (Wildman–Crippen LogP) is 0.907. The van der Waals surface area contributed by atoms with Crippen molar-refractivity contribution in [2.45, 2.75) is 13.3 Å². The van der Waals surface area contributed by atoms with Crippen LogP contribution in [0.5, 0.6) is 0 Å². The van der Waals surface area contributed by atoms with Crippen molar-refractivity contribution in [3.05, 3.63) is 52.7 Å². The van der Waals surface area contributed by atoms with Crippen molar-refractivity contribution in [3.8, 4) is 11.4 Å². The van der Waals surface area contributed by atoms with Crippen LogP contribution in [0.15, 0.2) is 41.3 Å². The predicted molar refractivity (Wildman–Crippen MR) is 108 cm³/mol. The smallest absolute Gasteiger partial charge is 0.258 e. The van der Waals surface area contributed by atoms with Crippen LogP contribution >= 0.6 is 0 Å². The minimum atomic E-state index is -0.124. The van der Waals surface area contributed by atoms with Crippen molar-refractivity contribution in [3.63, 3.8) is 0 Å². The molecule has 9 heteroatoms. The Kier molecular flexibility index (Phi) is 3.34. The molecule has 4 aromatic rings. The van der Waals surface area contributed by atoms with Gasteiger partial charge in [-0.05, 0) is 44.2 Å². The summed E-state index contributed by atoms with van der Waals surface area (Å²) in [7, 11) is 0. The van der Waals surface area contributed by atoms with Crippen LogP contribution in [0.25, 0.3) is 22.7 Å². The molecule has 1 spiro atoms. The molecule has 146 valence electrons. The Labute approximate surface area is 166 Å². The van der Waals surface area contributed by atoms with Crippen molar-refractivity contribution in [2.24, 2.45) is 5.41 Å². The van der Waals surface area contributed by atoms with Crippen LogP contribution in [-0.2, 0) is 0 Å². The molecule has 0 aromatic carbocycles. The summed E-state index contributed by atoms with van der Waals surface area (Å²) >= 11 is 0. The Balaban J connectivity index is 1.36. The molecule has 0 bridgehead atoms. The molecule has 6 heterocycles. The molecule has 2 aliphatic rings. The first kappa shape index (κ1) is 16.6. The summed E-state index contributed by atoms with van der Waals surface area (Å²) in [5.74, 6) is 0.648. The lowest BCUT2D eigenvalue weighted by Gasteiger charge is -2.49. The number of aryl methyl sites for hydroxylation is 1. The highest BCUT2D eigenvalue weighted by Crippen LogP contribution is 2.38. The molecule has 0 unspecified atom stereocenters. The van der Waals surface area contributed by atoms with E-state index in [-0.39, 0.29) is 5.56 Å². The first-order valence-electron chi connectivity index (χ1n) is 9.79. The van der Waals surface area contributed by atoms with Crippen molar-refractivity contribution < 1.29 is 0 Å². The molecule has 4 aromatic heterocycles. The standard InChI is InChI=1S/C20H20N8O/c1-13-22-18-5-3-15(25-28(18)24-13)16-8-19(29)27-9-14(2-4-17(27)23-16)26-11-20(12-26)6-7-21-10-20/h2-5,8-9,21H,6-7,10-12H2,1H3. The second-order valence-electron chi connectivity index (χ2n) is 8.10. The molecule has 0 saturated carbocycles. The molecular weight excluding hydrogens is 368 g/mol. The molecule has 0 atom stereocenters. The Hall–Kier alpha value is -3.33. The SMILES string of the molecule is Cc1nc2ccc(-c3cc(=O)n4cc(N5CC6(CCNC6)C5)ccc4n3)nn2n1. The van der Waals surface area contributed by atoms with Crippen molar-refractivity contribution in [2.75, 3.05) is 31.1 Å². The minimum absolute atomic E-state index is 0.124. The normalized spacial score (nSPS) is 18.0. The number of anilines is 1. The van der Waals surface area contributed by atoms with Crippen LogP contribution in [0, 0.1) is 12.3 Å². The fourth-order valence-electron chi connectivity index (χ4n) is 4.45. The van der Waals surface area contributed by atoms with E-state index in [0.717, 1.165) is 31.9 Å². The van der Waals surface area contributed by atoms with E-state index in [1.807, 2.05) is 37.4 Å². The van der Waals surface area contributed by atoms with Crippen LogP contribution in [-0.4, -0.2) is 55.4 Å². The third-order valence-corrected chi connectivity index (χ3v) is 5.97. The zero-order chi connectivity index (χ0) is 19.6.